The Morgan fingerprint density at radius 3 is 2.58 bits per heavy atom. The third kappa shape index (κ3) is 3.92. The normalized spacial score (nSPS) is 16.4. The van der Waals surface area contributed by atoms with E-state index in [1.807, 2.05) is 24.3 Å². The Morgan fingerprint density at radius 1 is 1.26 bits per heavy atom. The number of aliphatic hydroxyl groups is 1. The number of urea groups is 1. The monoisotopic (exact) mass is 327 g/mol. The van der Waals surface area contributed by atoms with E-state index in [0.29, 0.717) is 19.6 Å². The minimum Gasteiger partial charge on any atom is -0.395 e. The highest BCUT2D eigenvalue weighted by Gasteiger charge is 2.20. The number of benzene rings is 1. The average molecular weight is 328 g/mol. The molecular formula is C13H18BrN3O2. The Kier molecular flexibility index (Phi) is 5.18. The Hall–Kier alpha value is -1.11. The van der Waals surface area contributed by atoms with Gasteiger partial charge < -0.3 is 15.3 Å². The lowest BCUT2D eigenvalue weighted by atomic mass is 10.3. The van der Waals surface area contributed by atoms with Crippen molar-refractivity contribution in [3.63, 3.8) is 0 Å². The van der Waals surface area contributed by atoms with Crippen molar-refractivity contribution < 1.29 is 9.90 Å². The van der Waals surface area contributed by atoms with E-state index in [1.54, 1.807) is 4.90 Å². The summed E-state index contributed by atoms with van der Waals surface area (Å²) in [5.74, 6) is 0. The molecule has 0 aliphatic carbocycles. The van der Waals surface area contributed by atoms with Crippen molar-refractivity contribution >= 4 is 27.6 Å². The summed E-state index contributed by atoms with van der Waals surface area (Å²) in [6.07, 6.45) is 0. The Balaban J connectivity index is 1.87. The zero-order valence-electron chi connectivity index (χ0n) is 10.7. The number of halogens is 1. The third-order valence-electron chi connectivity index (χ3n) is 3.19. The number of anilines is 1. The summed E-state index contributed by atoms with van der Waals surface area (Å²) in [6, 6.07) is 7.49. The van der Waals surface area contributed by atoms with Gasteiger partial charge in [-0.2, -0.15) is 0 Å². The van der Waals surface area contributed by atoms with Gasteiger partial charge in [-0.05, 0) is 28.1 Å². The Labute approximate surface area is 121 Å². The zero-order valence-corrected chi connectivity index (χ0v) is 12.3. The molecule has 0 aromatic heterocycles. The van der Waals surface area contributed by atoms with Crippen molar-refractivity contribution in [1.82, 2.24) is 9.80 Å². The minimum absolute atomic E-state index is 0.0736. The summed E-state index contributed by atoms with van der Waals surface area (Å²) < 4.78 is 0.877. The number of carbonyl (C=O) groups is 1. The molecule has 0 saturated carbocycles. The van der Waals surface area contributed by atoms with E-state index in [-0.39, 0.29) is 12.6 Å². The summed E-state index contributed by atoms with van der Waals surface area (Å²) in [5, 5.41) is 11.8. The lowest BCUT2D eigenvalue weighted by Gasteiger charge is -2.34. The fraction of sp³-hybridized carbons (Fsp3) is 0.462. The van der Waals surface area contributed by atoms with Crippen LogP contribution in [0, 0.1) is 0 Å². The van der Waals surface area contributed by atoms with E-state index in [2.05, 4.69) is 26.1 Å². The first-order valence-corrected chi connectivity index (χ1v) is 7.13. The van der Waals surface area contributed by atoms with Crippen LogP contribution in [0.15, 0.2) is 28.7 Å². The molecule has 1 heterocycles. The van der Waals surface area contributed by atoms with Crippen molar-refractivity contribution in [1.29, 1.82) is 0 Å². The van der Waals surface area contributed by atoms with E-state index >= 15 is 0 Å². The van der Waals surface area contributed by atoms with E-state index in [9.17, 15) is 4.79 Å². The number of carbonyl (C=O) groups excluding carboxylic acids is 1. The molecule has 19 heavy (non-hydrogen) atoms. The van der Waals surface area contributed by atoms with Gasteiger partial charge in [0, 0.05) is 37.2 Å². The van der Waals surface area contributed by atoms with Crippen LogP contribution in [0.4, 0.5) is 10.5 Å². The third-order valence-corrected chi connectivity index (χ3v) is 3.88. The smallest absolute Gasteiger partial charge is 0.321 e. The average Bonchev–Trinajstić information content (AvgIpc) is 2.42. The first-order chi connectivity index (χ1) is 9.20. The highest BCUT2D eigenvalue weighted by Crippen LogP contribution is 2.21. The van der Waals surface area contributed by atoms with Gasteiger partial charge in [0.05, 0.1) is 12.3 Å². The molecule has 0 bridgehead atoms. The van der Waals surface area contributed by atoms with Crippen molar-refractivity contribution in [2.24, 2.45) is 0 Å². The van der Waals surface area contributed by atoms with Gasteiger partial charge in [0.15, 0.2) is 0 Å². The van der Waals surface area contributed by atoms with Crippen LogP contribution in [0.3, 0.4) is 0 Å². The van der Waals surface area contributed by atoms with Crippen LogP contribution in [0.1, 0.15) is 0 Å². The topological polar surface area (TPSA) is 55.8 Å². The summed E-state index contributed by atoms with van der Waals surface area (Å²) in [5.41, 5.74) is 0.783. The number of aliphatic hydroxyl groups excluding tert-OH is 1. The van der Waals surface area contributed by atoms with Gasteiger partial charge in [-0.25, -0.2) is 4.79 Å². The number of amides is 2. The fourth-order valence-electron chi connectivity index (χ4n) is 2.07. The molecule has 1 saturated heterocycles. The van der Waals surface area contributed by atoms with E-state index in [0.717, 1.165) is 23.2 Å². The van der Waals surface area contributed by atoms with Gasteiger partial charge in [-0.3, -0.25) is 4.90 Å². The molecule has 5 nitrogen and oxygen atoms in total. The second kappa shape index (κ2) is 6.88. The molecule has 1 aliphatic heterocycles. The van der Waals surface area contributed by atoms with Crippen LogP contribution in [0.5, 0.6) is 0 Å². The molecule has 2 amide bonds. The summed E-state index contributed by atoms with van der Waals surface area (Å²) in [4.78, 5) is 16.1. The number of nitrogens with zero attached hydrogens (tertiary/aromatic N) is 2. The van der Waals surface area contributed by atoms with Crippen molar-refractivity contribution in [3.05, 3.63) is 28.7 Å². The largest absolute Gasteiger partial charge is 0.395 e. The summed E-state index contributed by atoms with van der Waals surface area (Å²) in [7, 11) is 0. The highest BCUT2D eigenvalue weighted by molar-refractivity contribution is 9.10. The maximum atomic E-state index is 12.1. The molecule has 2 N–H and O–H groups in total. The standard InChI is InChI=1S/C13H18BrN3O2/c14-11-3-1-2-4-12(11)15-13(19)17-7-5-16(6-8-17)9-10-18/h1-4,18H,5-10H2,(H,15,19). The zero-order chi connectivity index (χ0) is 13.7. The Morgan fingerprint density at radius 2 is 1.95 bits per heavy atom. The summed E-state index contributed by atoms with van der Waals surface area (Å²) in [6.45, 7) is 3.85. The number of nitrogens with one attached hydrogen (secondary N) is 1. The predicted molar refractivity (Wildman–Crippen MR) is 78.3 cm³/mol. The van der Waals surface area contributed by atoms with Crippen LogP contribution in [-0.4, -0.2) is 60.3 Å². The van der Waals surface area contributed by atoms with Crippen LogP contribution < -0.4 is 5.32 Å². The molecule has 6 heteroatoms. The van der Waals surface area contributed by atoms with Gasteiger partial charge in [0.2, 0.25) is 0 Å². The van der Waals surface area contributed by atoms with Gasteiger partial charge in [0.25, 0.3) is 0 Å². The molecule has 0 atom stereocenters. The number of piperazine rings is 1. The molecular weight excluding hydrogens is 310 g/mol. The molecule has 0 radical (unpaired) electrons. The lowest BCUT2D eigenvalue weighted by Crippen LogP contribution is -2.50. The molecule has 1 aliphatic rings. The predicted octanol–water partition coefficient (Wildman–Crippen LogP) is 1.59. The minimum atomic E-state index is -0.0736. The van der Waals surface area contributed by atoms with Crippen LogP contribution in [-0.2, 0) is 0 Å². The van der Waals surface area contributed by atoms with Crippen LogP contribution in [0.2, 0.25) is 0 Å². The summed E-state index contributed by atoms with van der Waals surface area (Å²) >= 11 is 3.41. The van der Waals surface area contributed by atoms with E-state index < -0.39 is 0 Å². The number of hydrogen-bond acceptors (Lipinski definition) is 3. The molecule has 104 valence electrons. The second-order valence-corrected chi connectivity index (χ2v) is 5.32. The van der Waals surface area contributed by atoms with Gasteiger partial charge >= 0.3 is 6.03 Å². The first-order valence-electron chi connectivity index (χ1n) is 6.34. The maximum Gasteiger partial charge on any atom is 0.321 e. The lowest BCUT2D eigenvalue weighted by molar-refractivity contribution is 0.127. The highest BCUT2D eigenvalue weighted by atomic mass is 79.9. The number of β-amino-alcohol motifs (C(OH)–C–C–N with tert-alkyl or cyclic N) is 1. The van der Waals surface area contributed by atoms with Gasteiger partial charge in [-0.1, -0.05) is 12.1 Å². The maximum absolute atomic E-state index is 12.1. The van der Waals surface area contributed by atoms with E-state index in [4.69, 9.17) is 5.11 Å². The van der Waals surface area contributed by atoms with Gasteiger partial charge in [-0.15, -0.1) is 0 Å². The van der Waals surface area contributed by atoms with Crippen molar-refractivity contribution in [2.45, 2.75) is 0 Å². The quantitative estimate of drug-likeness (QED) is 0.886. The second-order valence-electron chi connectivity index (χ2n) is 4.46. The SMILES string of the molecule is O=C(Nc1ccccc1Br)N1CCN(CCO)CC1. The van der Waals surface area contributed by atoms with E-state index in [1.165, 1.54) is 0 Å². The van der Waals surface area contributed by atoms with Crippen molar-refractivity contribution in [2.75, 3.05) is 44.6 Å². The van der Waals surface area contributed by atoms with Crippen LogP contribution >= 0.6 is 15.9 Å². The van der Waals surface area contributed by atoms with Crippen LogP contribution in [0.25, 0.3) is 0 Å². The fourth-order valence-corrected chi connectivity index (χ4v) is 2.46. The molecule has 2 rings (SSSR count). The number of rotatable bonds is 3. The molecule has 1 fully saturated rings. The number of para-hydroxylation sites is 1. The Bertz CT molecular complexity index is 434. The molecule has 0 spiro atoms. The van der Waals surface area contributed by atoms with Crippen molar-refractivity contribution in [3.8, 4) is 0 Å². The molecule has 1 aromatic carbocycles. The molecule has 0 unspecified atom stereocenters. The first kappa shape index (κ1) is 14.3. The van der Waals surface area contributed by atoms with Gasteiger partial charge in [0.1, 0.15) is 0 Å². The molecule has 1 aromatic rings. The number of hydrogen-bond donors (Lipinski definition) is 2.